The minimum Gasteiger partial charge on any atom is -0.446 e. The monoisotopic (exact) mass is 355 g/mol. The maximum atomic E-state index is 12.6. The third-order valence-corrected chi connectivity index (χ3v) is 5.46. The van der Waals surface area contributed by atoms with Crippen molar-refractivity contribution in [3.8, 4) is 11.3 Å². The standard InChI is InChI=1S/C18H17N3O5/c22-16-18(8-2-1-3-9-18)12-10-11(4-5-13(12)19-16)14-6-7-15(21(25)26)20(14)17(23)24/h4-7,10H,1-3,8-9H2,(H,19,22)(H,23,24). The summed E-state index contributed by atoms with van der Waals surface area (Å²) >= 11 is 0. The molecular formula is C18H17N3O5. The molecule has 2 aliphatic rings. The van der Waals surface area contributed by atoms with Crippen LogP contribution in [0.2, 0.25) is 0 Å². The number of aromatic nitrogens is 1. The summed E-state index contributed by atoms with van der Waals surface area (Å²) in [7, 11) is 0. The van der Waals surface area contributed by atoms with Gasteiger partial charge in [-0.05, 0) is 47.6 Å². The molecule has 8 heteroatoms. The van der Waals surface area contributed by atoms with Crippen molar-refractivity contribution >= 4 is 23.5 Å². The van der Waals surface area contributed by atoms with Gasteiger partial charge >= 0.3 is 11.9 Å². The predicted octanol–water partition coefficient (Wildman–Crippen LogP) is 3.74. The minimum absolute atomic E-state index is 0.0102. The van der Waals surface area contributed by atoms with Crippen LogP contribution in [0.5, 0.6) is 0 Å². The number of hydrogen-bond donors (Lipinski definition) is 2. The molecule has 4 rings (SSSR count). The van der Waals surface area contributed by atoms with Crippen molar-refractivity contribution in [1.82, 2.24) is 4.57 Å². The highest BCUT2D eigenvalue weighted by Gasteiger charge is 2.47. The quantitative estimate of drug-likeness (QED) is 0.629. The molecule has 1 aliphatic carbocycles. The Kier molecular flexibility index (Phi) is 3.57. The fraction of sp³-hybridized carbons (Fsp3) is 0.333. The Labute approximate surface area is 148 Å². The Morgan fingerprint density at radius 2 is 1.92 bits per heavy atom. The average molecular weight is 355 g/mol. The zero-order valence-electron chi connectivity index (χ0n) is 13.9. The first-order valence-corrected chi connectivity index (χ1v) is 8.50. The summed E-state index contributed by atoms with van der Waals surface area (Å²) in [6, 6.07) is 7.83. The first-order chi connectivity index (χ1) is 12.4. The Hall–Kier alpha value is -3.16. The zero-order chi connectivity index (χ0) is 18.5. The molecule has 0 bridgehead atoms. The molecule has 26 heavy (non-hydrogen) atoms. The van der Waals surface area contributed by atoms with Crippen molar-refractivity contribution in [1.29, 1.82) is 0 Å². The maximum Gasteiger partial charge on any atom is 0.510 e. The van der Waals surface area contributed by atoms with E-state index in [4.69, 9.17) is 0 Å². The van der Waals surface area contributed by atoms with Crippen LogP contribution in [0.1, 0.15) is 37.7 Å². The SMILES string of the molecule is O=C(O)n1c(-c2ccc3c(c2)C2(CCCCC2)C(=O)N3)ccc1[N+](=O)[O-]. The van der Waals surface area contributed by atoms with Crippen molar-refractivity contribution in [2.75, 3.05) is 5.32 Å². The van der Waals surface area contributed by atoms with Crippen LogP contribution >= 0.6 is 0 Å². The lowest BCUT2D eigenvalue weighted by atomic mass is 9.70. The highest BCUT2D eigenvalue weighted by molar-refractivity contribution is 6.06. The number of nitrogens with one attached hydrogen (secondary N) is 1. The lowest BCUT2D eigenvalue weighted by molar-refractivity contribution is -0.390. The molecule has 0 radical (unpaired) electrons. The van der Waals surface area contributed by atoms with Crippen LogP contribution in [0.4, 0.5) is 16.3 Å². The van der Waals surface area contributed by atoms with Crippen LogP contribution in [0, 0.1) is 10.1 Å². The summed E-state index contributed by atoms with van der Waals surface area (Å²) in [6.45, 7) is 0. The van der Waals surface area contributed by atoms with Gasteiger partial charge in [-0.3, -0.25) is 4.79 Å². The van der Waals surface area contributed by atoms with Crippen molar-refractivity contribution < 1.29 is 19.6 Å². The molecule has 2 N–H and O–H groups in total. The van der Waals surface area contributed by atoms with Crippen LogP contribution in [-0.2, 0) is 10.2 Å². The maximum absolute atomic E-state index is 12.6. The normalized spacial score (nSPS) is 17.8. The third kappa shape index (κ3) is 2.22. The van der Waals surface area contributed by atoms with Gasteiger partial charge in [0.25, 0.3) is 0 Å². The summed E-state index contributed by atoms with van der Waals surface area (Å²) in [5, 5.41) is 23.5. The van der Waals surface area contributed by atoms with Gasteiger partial charge < -0.3 is 20.5 Å². The molecule has 134 valence electrons. The van der Waals surface area contributed by atoms with Crippen molar-refractivity contribution in [2.45, 2.75) is 37.5 Å². The molecule has 1 amide bonds. The number of carbonyl (C=O) groups is 2. The van der Waals surface area contributed by atoms with Gasteiger partial charge in [0.2, 0.25) is 5.91 Å². The van der Waals surface area contributed by atoms with E-state index in [0.29, 0.717) is 10.1 Å². The van der Waals surface area contributed by atoms with E-state index in [1.54, 1.807) is 18.2 Å². The average Bonchev–Trinajstić information content (AvgIpc) is 3.17. The van der Waals surface area contributed by atoms with Gasteiger partial charge in [-0.1, -0.05) is 19.3 Å². The number of rotatable bonds is 2. The van der Waals surface area contributed by atoms with Crippen LogP contribution in [0.25, 0.3) is 11.3 Å². The predicted molar refractivity (Wildman–Crippen MR) is 93.3 cm³/mol. The second-order valence-corrected chi connectivity index (χ2v) is 6.81. The summed E-state index contributed by atoms with van der Waals surface area (Å²) < 4.78 is 0.666. The second-order valence-electron chi connectivity index (χ2n) is 6.81. The number of nitrogens with zero attached hydrogens (tertiary/aromatic N) is 2. The number of hydrogen-bond acceptors (Lipinski definition) is 4. The topological polar surface area (TPSA) is 114 Å². The number of carbonyl (C=O) groups excluding carboxylic acids is 1. The van der Waals surface area contributed by atoms with Crippen molar-refractivity contribution in [3.05, 3.63) is 46.0 Å². The second kappa shape index (κ2) is 5.69. The Balaban J connectivity index is 1.86. The molecule has 1 saturated carbocycles. The van der Waals surface area contributed by atoms with Gasteiger partial charge in [0.15, 0.2) is 0 Å². The van der Waals surface area contributed by atoms with Crippen LogP contribution in [0.3, 0.4) is 0 Å². The summed E-state index contributed by atoms with van der Waals surface area (Å²) in [6.07, 6.45) is 3.13. The minimum atomic E-state index is -1.42. The number of carboxylic acid groups (broad SMARTS) is 1. The summed E-state index contributed by atoms with van der Waals surface area (Å²) in [5.41, 5.74) is 1.79. The molecule has 0 saturated heterocycles. The molecule has 1 spiro atoms. The highest BCUT2D eigenvalue weighted by Crippen LogP contribution is 2.48. The van der Waals surface area contributed by atoms with E-state index in [1.165, 1.54) is 12.1 Å². The number of benzene rings is 1. The van der Waals surface area contributed by atoms with Crippen LogP contribution < -0.4 is 5.32 Å². The van der Waals surface area contributed by atoms with E-state index < -0.39 is 22.2 Å². The fourth-order valence-corrected chi connectivity index (χ4v) is 4.22. The van der Waals surface area contributed by atoms with Gasteiger partial charge in [-0.25, -0.2) is 0 Å². The van der Waals surface area contributed by atoms with E-state index in [0.717, 1.165) is 43.4 Å². The molecular weight excluding hydrogens is 338 g/mol. The molecule has 1 aromatic carbocycles. The van der Waals surface area contributed by atoms with Gasteiger partial charge in [0, 0.05) is 17.3 Å². The van der Waals surface area contributed by atoms with Gasteiger partial charge in [0.05, 0.1) is 5.41 Å². The summed E-state index contributed by atoms with van der Waals surface area (Å²) in [5.74, 6) is -0.515. The van der Waals surface area contributed by atoms with E-state index >= 15 is 0 Å². The number of anilines is 1. The van der Waals surface area contributed by atoms with E-state index in [-0.39, 0.29) is 11.6 Å². The first-order valence-electron chi connectivity index (χ1n) is 8.50. The molecule has 0 atom stereocenters. The Bertz CT molecular complexity index is 940. The largest absolute Gasteiger partial charge is 0.510 e. The van der Waals surface area contributed by atoms with E-state index in [2.05, 4.69) is 5.32 Å². The molecule has 8 nitrogen and oxygen atoms in total. The van der Waals surface area contributed by atoms with Gasteiger partial charge in [-0.15, -0.1) is 4.57 Å². The van der Waals surface area contributed by atoms with Crippen molar-refractivity contribution in [3.63, 3.8) is 0 Å². The fourth-order valence-electron chi connectivity index (χ4n) is 4.22. The smallest absolute Gasteiger partial charge is 0.446 e. The lowest BCUT2D eigenvalue weighted by Crippen LogP contribution is -2.36. The molecule has 2 heterocycles. The van der Waals surface area contributed by atoms with E-state index in [9.17, 15) is 24.8 Å². The number of amides is 1. The summed E-state index contributed by atoms with van der Waals surface area (Å²) in [4.78, 5) is 34.6. The van der Waals surface area contributed by atoms with Gasteiger partial charge in [-0.2, -0.15) is 4.79 Å². The van der Waals surface area contributed by atoms with Crippen LogP contribution in [0.15, 0.2) is 30.3 Å². The molecule has 1 aliphatic heterocycles. The zero-order valence-corrected chi connectivity index (χ0v) is 13.9. The van der Waals surface area contributed by atoms with Gasteiger partial charge in [0.1, 0.15) is 5.69 Å². The highest BCUT2D eigenvalue weighted by atomic mass is 16.6. The number of fused-ring (bicyclic) bond motifs is 2. The van der Waals surface area contributed by atoms with E-state index in [1.807, 2.05) is 0 Å². The molecule has 2 aromatic rings. The molecule has 0 unspecified atom stereocenters. The third-order valence-electron chi connectivity index (χ3n) is 5.46. The first kappa shape index (κ1) is 16.3. The number of nitro groups is 1. The van der Waals surface area contributed by atoms with Crippen LogP contribution in [-0.4, -0.2) is 26.6 Å². The Morgan fingerprint density at radius 1 is 1.19 bits per heavy atom. The molecule has 1 aromatic heterocycles. The Morgan fingerprint density at radius 3 is 2.58 bits per heavy atom. The lowest BCUT2D eigenvalue weighted by Gasteiger charge is -2.31. The van der Waals surface area contributed by atoms with Crippen molar-refractivity contribution in [2.24, 2.45) is 0 Å². The molecule has 1 fully saturated rings.